The Balaban J connectivity index is 3.11. The van der Waals surface area contributed by atoms with E-state index in [4.69, 9.17) is 5.73 Å². The number of nitrogens with two attached hydrogens (primary N) is 1. The van der Waals surface area contributed by atoms with Crippen molar-refractivity contribution < 1.29 is 8.78 Å². The van der Waals surface area contributed by atoms with E-state index in [1.807, 2.05) is 6.92 Å². The van der Waals surface area contributed by atoms with Gasteiger partial charge in [0.25, 0.3) is 0 Å². The summed E-state index contributed by atoms with van der Waals surface area (Å²) in [5, 5.41) is 0. The van der Waals surface area contributed by atoms with Gasteiger partial charge in [0.05, 0.1) is 0 Å². The summed E-state index contributed by atoms with van der Waals surface area (Å²) < 4.78 is 26.8. The van der Waals surface area contributed by atoms with Crippen molar-refractivity contribution >= 4 is 0 Å². The maximum absolute atomic E-state index is 13.5. The van der Waals surface area contributed by atoms with Crippen LogP contribution in [0.5, 0.6) is 0 Å². The molecule has 0 aromatic heterocycles. The van der Waals surface area contributed by atoms with Gasteiger partial charge in [-0.2, -0.15) is 0 Å². The zero-order chi connectivity index (χ0) is 10.7. The Labute approximate surface area is 82.9 Å². The molecule has 14 heavy (non-hydrogen) atoms. The van der Waals surface area contributed by atoms with Crippen molar-refractivity contribution in [3.8, 4) is 0 Å². The maximum Gasteiger partial charge on any atom is 0.133 e. The first-order chi connectivity index (χ1) is 6.57. The summed E-state index contributed by atoms with van der Waals surface area (Å²) in [4.78, 5) is 0. The summed E-state index contributed by atoms with van der Waals surface area (Å²) in [6.45, 7) is 3.54. The van der Waals surface area contributed by atoms with Crippen molar-refractivity contribution in [2.24, 2.45) is 5.73 Å². The summed E-state index contributed by atoms with van der Waals surface area (Å²) in [5.74, 6) is -1.06. The van der Waals surface area contributed by atoms with Crippen LogP contribution in [-0.2, 0) is 0 Å². The van der Waals surface area contributed by atoms with E-state index in [9.17, 15) is 8.78 Å². The molecule has 1 aromatic carbocycles. The first-order valence-corrected chi connectivity index (χ1v) is 4.78. The van der Waals surface area contributed by atoms with Crippen LogP contribution in [0.3, 0.4) is 0 Å². The van der Waals surface area contributed by atoms with Crippen LogP contribution in [0.25, 0.3) is 0 Å². The standard InChI is InChI=1S/C11H15F2N/c1-3-4-9(14)10-8(12)6-5-7(2)11(10)13/h5-6,9H,3-4,14H2,1-2H3/t9-/m0/s1. The van der Waals surface area contributed by atoms with Crippen molar-refractivity contribution in [3.63, 3.8) is 0 Å². The predicted molar refractivity (Wildman–Crippen MR) is 52.9 cm³/mol. The minimum atomic E-state index is -0.547. The highest BCUT2D eigenvalue weighted by Gasteiger charge is 2.17. The minimum absolute atomic E-state index is 0.0202. The molecule has 0 bridgehead atoms. The molecule has 0 spiro atoms. The van der Waals surface area contributed by atoms with Gasteiger partial charge in [-0.1, -0.05) is 19.4 Å². The molecule has 1 atom stereocenters. The van der Waals surface area contributed by atoms with E-state index in [-0.39, 0.29) is 5.56 Å². The molecule has 0 saturated carbocycles. The van der Waals surface area contributed by atoms with Gasteiger partial charge in [-0.25, -0.2) is 8.78 Å². The third-order valence-electron chi connectivity index (χ3n) is 2.29. The summed E-state index contributed by atoms with van der Waals surface area (Å²) in [6.07, 6.45) is 1.41. The van der Waals surface area contributed by atoms with Gasteiger partial charge in [0.1, 0.15) is 11.6 Å². The van der Waals surface area contributed by atoms with Crippen molar-refractivity contribution in [2.75, 3.05) is 0 Å². The second-order valence-corrected chi connectivity index (χ2v) is 3.49. The van der Waals surface area contributed by atoms with E-state index in [0.29, 0.717) is 12.0 Å². The highest BCUT2D eigenvalue weighted by atomic mass is 19.1. The van der Waals surface area contributed by atoms with Gasteiger partial charge in [-0.3, -0.25) is 0 Å². The lowest BCUT2D eigenvalue weighted by atomic mass is 10.00. The van der Waals surface area contributed by atoms with Crippen molar-refractivity contribution in [1.82, 2.24) is 0 Å². The fraction of sp³-hybridized carbons (Fsp3) is 0.455. The third kappa shape index (κ3) is 2.10. The molecular weight excluding hydrogens is 184 g/mol. The summed E-state index contributed by atoms with van der Waals surface area (Å²) in [6, 6.07) is 2.15. The van der Waals surface area contributed by atoms with Gasteiger partial charge in [-0.05, 0) is 25.0 Å². The SMILES string of the molecule is CCC[C@H](N)c1c(F)ccc(C)c1F. The number of hydrogen-bond acceptors (Lipinski definition) is 1. The molecule has 78 valence electrons. The van der Waals surface area contributed by atoms with Crippen molar-refractivity contribution in [3.05, 3.63) is 34.9 Å². The van der Waals surface area contributed by atoms with E-state index in [2.05, 4.69) is 0 Å². The number of hydrogen-bond donors (Lipinski definition) is 1. The molecule has 0 saturated heterocycles. The highest BCUT2D eigenvalue weighted by Crippen LogP contribution is 2.24. The monoisotopic (exact) mass is 199 g/mol. The lowest BCUT2D eigenvalue weighted by molar-refractivity contribution is 0.506. The molecular formula is C11H15F2N. The Morgan fingerprint density at radius 2 is 2.00 bits per heavy atom. The Kier molecular flexibility index (Phi) is 3.58. The molecule has 1 rings (SSSR count). The topological polar surface area (TPSA) is 26.0 Å². The van der Waals surface area contributed by atoms with E-state index in [1.165, 1.54) is 12.1 Å². The second kappa shape index (κ2) is 4.51. The van der Waals surface area contributed by atoms with Crippen LogP contribution in [0.15, 0.2) is 12.1 Å². The predicted octanol–water partition coefficient (Wildman–Crippen LogP) is 3.07. The van der Waals surface area contributed by atoms with Gasteiger partial charge in [0, 0.05) is 11.6 Å². The minimum Gasteiger partial charge on any atom is -0.324 e. The van der Waals surface area contributed by atoms with Crippen LogP contribution in [0.4, 0.5) is 8.78 Å². The lowest BCUT2D eigenvalue weighted by Crippen LogP contribution is -2.14. The quantitative estimate of drug-likeness (QED) is 0.795. The lowest BCUT2D eigenvalue weighted by Gasteiger charge is -2.13. The van der Waals surface area contributed by atoms with Crippen LogP contribution < -0.4 is 5.73 Å². The maximum atomic E-state index is 13.5. The average Bonchev–Trinajstić information content (AvgIpc) is 2.13. The summed E-state index contributed by atoms with van der Waals surface area (Å²) in [7, 11) is 0. The smallest absolute Gasteiger partial charge is 0.133 e. The molecule has 0 heterocycles. The third-order valence-corrected chi connectivity index (χ3v) is 2.29. The first kappa shape index (κ1) is 11.1. The van der Waals surface area contributed by atoms with Crippen LogP contribution in [0.1, 0.15) is 36.9 Å². The van der Waals surface area contributed by atoms with Gasteiger partial charge < -0.3 is 5.73 Å². The molecule has 1 aromatic rings. The molecule has 0 aliphatic rings. The Morgan fingerprint density at radius 3 is 2.57 bits per heavy atom. The van der Waals surface area contributed by atoms with Crippen LogP contribution >= 0.6 is 0 Å². The first-order valence-electron chi connectivity index (χ1n) is 4.78. The zero-order valence-corrected chi connectivity index (χ0v) is 8.48. The van der Waals surface area contributed by atoms with Crippen molar-refractivity contribution in [2.45, 2.75) is 32.7 Å². The van der Waals surface area contributed by atoms with Crippen LogP contribution in [-0.4, -0.2) is 0 Å². The van der Waals surface area contributed by atoms with Crippen LogP contribution in [0, 0.1) is 18.6 Å². The summed E-state index contributed by atoms with van der Waals surface area (Å²) in [5.41, 5.74) is 6.15. The van der Waals surface area contributed by atoms with Gasteiger partial charge >= 0.3 is 0 Å². The van der Waals surface area contributed by atoms with E-state index in [0.717, 1.165) is 6.42 Å². The number of rotatable bonds is 3. The number of aryl methyl sites for hydroxylation is 1. The molecule has 0 unspecified atom stereocenters. The largest absolute Gasteiger partial charge is 0.324 e. The highest BCUT2D eigenvalue weighted by molar-refractivity contribution is 5.28. The number of benzene rings is 1. The van der Waals surface area contributed by atoms with Crippen molar-refractivity contribution in [1.29, 1.82) is 0 Å². The number of halogens is 2. The van der Waals surface area contributed by atoms with Gasteiger partial charge in [0.2, 0.25) is 0 Å². The van der Waals surface area contributed by atoms with Crippen LogP contribution in [0.2, 0.25) is 0 Å². The molecule has 1 nitrogen and oxygen atoms in total. The normalized spacial score (nSPS) is 12.9. The molecule has 2 N–H and O–H groups in total. The fourth-order valence-corrected chi connectivity index (χ4v) is 1.47. The Hall–Kier alpha value is -0.960. The molecule has 0 fully saturated rings. The second-order valence-electron chi connectivity index (χ2n) is 3.49. The fourth-order valence-electron chi connectivity index (χ4n) is 1.47. The Morgan fingerprint density at radius 1 is 1.36 bits per heavy atom. The molecule has 0 aliphatic heterocycles. The Bertz CT molecular complexity index is 323. The summed E-state index contributed by atoms with van der Waals surface area (Å²) >= 11 is 0. The van der Waals surface area contributed by atoms with E-state index < -0.39 is 17.7 Å². The van der Waals surface area contributed by atoms with Gasteiger partial charge in [0.15, 0.2) is 0 Å². The zero-order valence-electron chi connectivity index (χ0n) is 8.48. The average molecular weight is 199 g/mol. The molecule has 0 amide bonds. The van der Waals surface area contributed by atoms with E-state index in [1.54, 1.807) is 6.92 Å². The molecule has 3 heteroatoms. The van der Waals surface area contributed by atoms with Gasteiger partial charge in [-0.15, -0.1) is 0 Å². The van der Waals surface area contributed by atoms with E-state index >= 15 is 0 Å². The molecule has 0 aliphatic carbocycles. The molecule has 0 radical (unpaired) electrons.